The number of carbonyl (C=O) groups is 1. The van der Waals surface area contributed by atoms with Gasteiger partial charge in [0, 0.05) is 54.6 Å². The molecule has 1 heterocycles. The van der Waals surface area contributed by atoms with E-state index < -0.39 is 12.1 Å². The average Bonchev–Trinajstić information content (AvgIpc) is 2.76. The summed E-state index contributed by atoms with van der Waals surface area (Å²) in [6.07, 6.45) is -4.03. The zero-order chi connectivity index (χ0) is 24.0. The van der Waals surface area contributed by atoms with Crippen LogP contribution in [-0.2, 0) is 6.54 Å². The van der Waals surface area contributed by atoms with Crippen LogP contribution in [0.3, 0.4) is 0 Å². The molecule has 0 radical (unpaired) electrons. The van der Waals surface area contributed by atoms with Crippen LogP contribution in [0.5, 0.6) is 5.75 Å². The summed E-state index contributed by atoms with van der Waals surface area (Å²) in [5.41, 5.74) is 0.770. The molecule has 1 saturated heterocycles. The number of nitrogens with zero attached hydrogens (tertiary/aromatic N) is 2. The average molecular weight is 506 g/mol. The van der Waals surface area contributed by atoms with E-state index in [4.69, 9.17) is 11.6 Å². The first-order chi connectivity index (χ1) is 15.7. The molecule has 1 amide bonds. The summed E-state index contributed by atoms with van der Waals surface area (Å²) in [6, 6.07) is 8.52. The van der Waals surface area contributed by atoms with E-state index in [1.54, 1.807) is 17.0 Å². The van der Waals surface area contributed by atoms with E-state index in [0.29, 0.717) is 49.1 Å². The van der Waals surface area contributed by atoms with Crippen molar-refractivity contribution < 1.29 is 27.1 Å². The van der Waals surface area contributed by atoms with E-state index in [9.17, 15) is 22.4 Å². The maximum absolute atomic E-state index is 14.0. The van der Waals surface area contributed by atoms with Gasteiger partial charge in [-0.1, -0.05) is 36.5 Å². The number of rotatable bonds is 8. The standard InChI is InChI=1S/C22H24ClF4N3O2S/c1-2-11-33-28-19-6-4-15(12-20(19)32-22(25,26)27)21(31)30-9-7-29(8-10-30)14-16-3-5-17(23)13-18(16)24/h3-6,12-13,28H,2,7-11,14H2,1H3. The quantitative estimate of drug-likeness (QED) is 0.279. The highest BCUT2D eigenvalue weighted by atomic mass is 35.5. The lowest BCUT2D eigenvalue weighted by Gasteiger charge is -2.35. The highest BCUT2D eigenvalue weighted by Gasteiger charge is 2.33. The van der Waals surface area contributed by atoms with Crippen LogP contribution in [0.25, 0.3) is 0 Å². The number of ether oxygens (including phenoxy) is 1. The second kappa shape index (κ2) is 11.3. The van der Waals surface area contributed by atoms with E-state index in [1.165, 1.54) is 30.1 Å². The molecule has 1 N–H and O–H groups in total. The Balaban J connectivity index is 1.64. The molecule has 180 valence electrons. The minimum Gasteiger partial charge on any atom is -0.404 e. The van der Waals surface area contributed by atoms with Crippen LogP contribution in [-0.4, -0.2) is 54.0 Å². The third kappa shape index (κ3) is 7.41. The number of amides is 1. The fourth-order valence-electron chi connectivity index (χ4n) is 3.36. The van der Waals surface area contributed by atoms with E-state index in [2.05, 4.69) is 9.46 Å². The third-order valence-electron chi connectivity index (χ3n) is 5.01. The van der Waals surface area contributed by atoms with Gasteiger partial charge in [0.05, 0.1) is 5.69 Å². The summed E-state index contributed by atoms with van der Waals surface area (Å²) in [5, 5.41) is 0.325. The molecule has 0 aromatic heterocycles. The summed E-state index contributed by atoms with van der Waals surface area (Å²) >= 11 is 7.04. The van der Waals surface area contributed by atoms with Gasteiger partial charge in [0.1, 0.15) is 5.82 Å². The third-order valence-corrected chi connectivity index (χ3v) is 6.22. The zero-order valence-corrected chi connectivity index (χ0v) is 19.5. The summed E-state index contributed by atoms with van der Waals surface area (Å²) in [5.74, 6) is -0.513. The molecule has 2 aromatic carbocycles. The van der Waals surface area contributed by atoms with Gasteiger partial charge >= 0.3 is 6.36 Å². The Kier molecular flexibility index (Phi) is 8.72. The molecule has 0 unspecified atom stereocenters. The molecule has 5 nitrogen and oxygen atoms in total. The predicted octanol–water partition coefficient (Wildman–Crippen LogP) is 5.81. The number of halogens is 5. The second-order valence-electron chi connectivity index (χ2n) is 7.51. The molecule has 1 aliphatic rings. The molecule has 0 spiro atoms. The van der Waals surface area contributed by atoms with Crippen LogP contribution in [0.1, 0.15) is 29.3 Å². The van der Waals surface area contributed by atoms with Crippen molar-refractivity contribution in [2.24, 2.45) is 0 Å². The van der Waals surface area contributed by atoms with Crippen LogP contribution >= 0.6 is 23.5 Å². The maximum atomic E-state index is 14.0. The van der Waals surface area contributed by atoms with E-state index in [1.807, 2.05) is 11.8 Å². The molecule has 1 aliphatic heterocycles. The Hall–Kier alpha value is -2.17. The Labute approximate surface area is 199 Å². The number of benzene rings is 2. The van der Waals surface area contributed by atoms with Crippen molar-refractivity contribution in [2.75, 3.05) is 36.7 Å². The number of anilines is 1. The summed E-state index contributed by atoms with van der Waals surface area (Å²) in [6.45, 7) is 4.09. The van der Waals surface area contributed by atoms with E-state index in [0.717, 1.165) is 12.5 Å². The van der Waals surface area contributed by atoms with Gasteiger partial charge < -0.3 is 14.4 Å². The number of nitrogens with one attached hydrogen (secondary N) is 1. The van der Waals surface area contributed by atoms with Crippen LogP contribution in [0.2, 0.25) is 5.02 Å². The van der Waals surface area contributed by atoms with Gasteiger partial charge in [0.15, 0.2) is 5.75 Å². The summed E-state index contributed by atoms with van der Waals surface area (Å²) in [4.78, 5) is 16.5. The van der Waals surface area contributed by atoms with Crippen LogP contribution in [0.15, 0.2) is 36.4 Å². The van der Waals surface area contributed by atoms with Gasteiger partial charge in [-0.05, 0) is 36.8 Å². The molecule has 3 rings (SSSR count). The van der Waals surface area contributed by atoms with E-state index >= 15 is 0 Å². The molecule has 0 atom stereocenters. The van der Waals surface area contributed by atoms with Crippen molar-refractivity contribution in [3.63, 3.8) is 0 Å². The lowest BCUT2D eigenvalue weighted by molar-refractivity contribution is -0.274. The second-order valence-corrected chi connectivity index (χ2v) is 8.85. The van der Waals surface area contributed by atoms with Gasteiger partial charge in [-0.15, -0.1) is 13.2 Å². The van der Waals surface area contributed by atoms with Crippen LogP contribution < -0.4 is 9.46 Å². The van der Waals surface area contributed by atoms with Crippen molar-refractivity contribution in [2.45, 2.75) is 26.3 Å². The lowest BCUT2D eigenvalue weighted by Crippen LogP contribution is -2.48. The Bertz CT molecular complexity index is 969. The Morgan fingerprint density at radius 1 is 1.15 bits per heavy atom. The predicted molar refractivity (Wildman–Crippen MR) is 122 cm³/mol. The molecular formula is C22H24ClF4N3O2S. The molecule has 11 heteroatoms. The SMILES string of the molecule is CCCSNc1ccc(C(=O)N2CCN(Cc3ccc(Cl)cc3F)CC2)cc1OC(F)(F)F. The number of carbonyl (C=O) groups excluding carboxylic acids is 1. The van der Waals surface area contributed by atoms with Crippen LogP contribution in [0.4, 0.5) is 23.2 Å². The number of piperazine rings is 1. The fourth-order valence-corrected chi connectivity index (χ4v) is 4.15. The van der Waals surface area contributed by atoms with Crippen molar-refractivity contribution >= 4 is 35.1 Å². The smallest absolute Gasteiger partial charge is 0.404 e. The first-order valence-corrected chi connectivity index (χ1v) is 11.8. The van der Waals surface area contributed by atoms with Gasteiger partial charge in [0.25, 0.3) is 5.91 Å². The molecule has 33 heavy (non-hydrogen) atoms. The summed E-state index contributed by atoms with van der Waals surface area (Å²) in [7, 11) is 0. The highest BCUT2D eigenvalue weighted by molar-refractivity contribution is 8.00. The number of alkyl halides is 3. The van der Waals surface area contributed by atoms with Gasteiger partial charge in [-0.2, -0.15) is 0 Å². The molecule has 0 aliphatic carbocycles. The topological polar surface area (TPSA) is 44.8 Å². The maximum Gasteiger partial charge on any atom is 0.573 e. The van der Waals surface area contributed by atoms with Gasteiger partial charge in [-0.25, -0.2) is 4.39 Å². The van der Waals surface area contributed by atoms with Gasteiger partial charge in [0.2, 0.25) is 0 Å². The van der Waals surface area contributed by atoms with E-state index in [-0.39, 0.29) is 23.0 Å². The molecule has 0 bridgehead atoms. The zero-order valence-electron chi connectivity index (χ0n) is 17.9. The minimum absolute atomic E-state index is 0.109. The Morgan fingerprint density at radius 3 is 2.52 bits per heavy atom. The van der Waals surface area contributed by atoms with Crippen molar-refractivity contribution in [1.29, 1.82) is 0 Å². The number of hydrogen-bond donors (Lipinski definition) is 1. The van der Waals surface area contributed by atoms with Crippen LogP contribution in [0, 0.1) is 5.82 Å². The fraction of sp³-hybridized carbons (Fsp3) is 0.409. The van der Waals surface area contributed by atoms with Gasteiger partial charge in [-0.3, -0.25) is 9.69 Å². The molecule has 1 fully saturated rings. The highest BCUT2D eigenvalue weighted by Crippen LogP contribution is 2.33. The Morgan fingerprint density at radius 2 is 1.88 bits per heavy atom. The lowest BCUT2D eigenvalue weighted by atomic mass is 10.1. The summed E-state index contributed by atoms with van der Waals surface area (Å²) < 4.78 is 59.7. The minimum atomic E-state index is -4.88. The largest absolute Gasteiger partial charge is 0.573 e. The molecule has 2 aromatic rings. The normalized spacial score (nSPS) is 14.9. The van der Waals surface area contributed by atoms with Crippen molar-refractivity contribution in [1.82, 2.24) is 9.80 Å². The molecule has 0 saturated carbocycles. The monoisotopic (exact) mass is 505 g/mol. The molecular weight excluding hydrogens is 482 g/mol. The van der Waals surface area contributed by atoms with Crippen molar-refractivity contribution in [3.05, 3.63) is 58.4 Å². The van der Waals surface area contributed by atoms with Crippen molar-refractivity contribution in [3.8, 4) is 5.75 Å². The first kappa shape index (κ1) is 25.5. The number of hydrogen-bond acceptors (Lipinski definition) is 5. The first-order valence-electron chi connectivity index (χ1n) is 10.4.